The van der Waals surface area contributed by atoms with E-state index in [4.69, 9.17) is 12.2 Å². The highest BCUT2D eigenvalue weighted by molar-refractivity contribution is 8.23. The van der Waals surface area contributed by atoms with Crippen LogP contribution in [-0.4, -0.2) is 44.6 Å². The second-order valence-electron chi connectivity index (χ2n) is 8.50. The summed E-state index contributed by atoms with van der Waals surface area (Å²) in [6, 6.07) is 13.7. The standard InChI is InChI=1S/C23H25N3O2S2/c1-15(22(28)25-10-9-17-5-2-3-6-19(17)25)30-23(29)24-12-16-11-18(14-24)20-7-4-8-21(27)26(20)13-16/h2-8,15-16,18H,9-14H2,1H3/t15-,16-,18+/m1/s1. The van der Waals surface area contributed by atoms with Crippen molar-refractivity contribution < 1.29 is 4.79 Å². The molecule has 7 heteroatoms. The number of carbonyl (C=O) groups excluding carboxylic acids is 1. The number of likely N-dealkylation sites (tertiary alicyclic amines) is 1. The molecular weight excluding hydrogens is 414 g/mol. The number of fused-ring (bicyclic) bond motifs is 5. The smallest absolute Gasteiger partial charge is 0.250 e. The van der Waals surface area contributed by atoms with Gasteiger partial charge in [-0.25, -0.2) is 0 Å². The van der Waals surface area contributed by atoms with Crippen LogP contribution >= 0.6 is 24.0 Å². The molecule has 3 atom stereocenters. The first-order valence-corrected chi connectivity index (χ1v) is 11.8. The van der Waals surface area contributed by atoms with Crippen LogP contribution in [0.25, 0.3) is 0 Å². The quantitative estimate of drug-likeness (QED) is 0.672. The molecule has 1 aromatic heterocycles. The highest BCUT2D eigenvalue weighted by Crippen LogP contribution is 2.37. The van der Waals surface area contributed by atoms with Crippen molar-refractivity contribution in [2.24, 2.45) is 5.92 Å². The van der Waals surface area contributed by atoms with E-state index in [0.717, 1.165) is 54.7 Å². The van der Waals surface area contributed by atoms with Gasteiger partial charge in [0.05, 0.1) is 5.25 Å². The van der Waals surface area contributed by atoms with E-state index in [1.165, 1.54) is 17.3 Å². The van der Waals surface area contributed by atoms with E-state index in [-0.39, 0.29) is 16.7 Å². The van der Waals surface area contributed by atoms with E-state index >= 15 is 0 Å². The lowest BCUT2D eigenvalue weighted by atomic mass is 9.83. The summed E-state index contributed by atoms with van der Waals surface area (Å²) in [5.74, 6) is 0.870. The van der Waals surface area contributed by atoms with Gasteiger partial charge in [-0.2, -0.15) is 0 Å². The molecular formula is C23H25N3O2S2. The summed E-state index contributed by atoms with van der Waals surface area (Å²) in [6.07, 6.45) is 2.02. The number of hydrogen-bond donors (Lipinski definition) is 0. The number of amides is 1. The van der Waals surface area contributed by atoms with Crippen LogP contribution < -0.4 is 10.5 Å². The first-order chi connectivity index (χ1) is 14.5. The molecule has 1 aromatic carbocycles. The maximum absolute atomic E-state index is 13.1. The highest BCUT2D eigenvalue weighted by atomic mass is 32.2. The topological polar surface area (TPSA) is 45.6 Å². The molecule has 0 saturated carbocycles. The van der Waals surface area contributed by atoms with Crippen molar-refractivity contribution in [2.45, 2.75) is 37.5 Å². The van der Waals surface area contributed by atoms with Crippen molar-refractivity contribution >= 4 is 39.9 Å². The van der Waals surface area contributed by atoms with E-state index in [1.807, 2.05) is 40.7 Å². The fourth-order valence-corrected chi connectivity index (χ4v) is 6.52. The summed E-state index contributed by atoms with van der Waals surface area (Å²) in [6.45, 7) is 5.14. The van der Waals surface area contributed by atoms with Crippen LogP contribution in [-0.2, 0) is 17.8 Å². The molecule has 1 saturated heterocycles. The van der Waals surface area contributed by atoms with Crippen molar-refractivity contribution in [3.63, 3.8) is 0 Å². The zero-order valence-corrected chi connectivity index (χ0v) is 18.6. The minimum absolute atomic E-state index is 0.0951. The minimum Gasteiger partial charge on any atom is -0.356 e. The molecule has 4 heterocycles. The fourth-order valence-electron chi connectivity index (χ4n) is 5.11. The monoisotopic (exact) mass is 439 g/mol. The molecule has 0 spiro atoms. The molecule has 0 unspecified atom stereocenters. The molecule has 2 bridgehead atoms. The summed E-state index contributed by atoms with van der Waals surface area (Å²) in [7, 11) is 0. The van der Waals surface area contributed by atoms with Gasteiger partial charge in [-0.15, -0.1) is 0 Å². The SMILES string of the molecule is C[C@@H](SC(=S)N1C[C@H]2C[C@@H](C1)c1cccc(=O)n1C2)C(=O)N1CCc2ccccc21. The van der Waals surface area contributed by atoms with Crippen LogP contribution in [0.2, 0.25) is 0 Å². The molecule has 5 rings (SSSR count). The number of hydrogen-bond acceptors (Lipinski definition) is 4. The summed E-state index contributed by atoms with van der Waals surface area (Å²) in [5, 5.41) is -0.222. The summed E-state index contributed by atoms with van der Waals surface area (Å²) in [5.41, 5.74) is 3.49. The number of thiocarbonyl (C=S) groups is 1. The zero-order valence-electron chi connectivity index (χ0n) is 17.0. The number of nitrogens with zero attached hydrogens (tertiary/aromatic N) is 3. The first-order valence-electron chi connectivity index (χ1n) is 10.6. The Morgan fingerprint density at radius 1 is 1.13 bits per heavy atom. The number of aromatic nitrogens is 1. The molecule has 1 amide bonds. The maximum atomic E-state index is 13.1. The third-order valence-electron chi connectivity index (χ3n) is 6.52. The second-order valence-corrected chi connectivity index (χ2v) is 10.5. The third-order valence-corrected chi connectivity index (χ3v) is 8.08. The molecule has 3 aliphatic heterocycles. The Balaban J connectivity index is 1.26. The van der Waals surface area contributed by atoms with Crippen LogP contribution in [0.1, 0.15) is 30.5 Å². The van der Waals surface area contributed by atoms with Gasteiger partial charge in [-0.3, -0.25) is 9.59 Å². The average molecular weight is 440 g/mol. The van der Waals surface area contributed by atoms with Crippen molar-refractivity contribution in [3.8, 4) is 0 Å². The van der Waals surface area contributed by atoms with Crippen molar-refractivity contribution in [1.82, 2.24) is 9.47 Å². The Morgan fingerprint density at radius 3 is 2.83 bits per heavy atom. The van der Waals surface area contributed by atoms with Gasteiger partial charge in [0.25, 0.3) is 5.56 Å². The van der Waals surface area contributed by atoms with E-state index in [0.29, 0.717) is 11.8 Å². The van der Waals surface area contributed by atoms with Gasteiger partial charge in [0.2, 0.25) is 5.91 Å². The number of piperidine rings is 1. The van der Waals surface area contributed by atoms with E-state index < -0.39 is 0 Å². The largest absolute Gasteiger partial charge is 0.356 e. The summed E-state index contributed by atoms with van der Waals surface area (Å²) in [4.78, 5) is 29.5. The lowest BCUT2D eigenvalue weighted by molar-refractivity contribution is -0.117. The van der Waals surface area contributed by atoms with E-state index in [1.54, 1.807) is 6.07 Å². The Kier molecular flexibility index (Phi) is 5.19. The van der Waals surface area contributed by atoms with E-state index in [2.05, 4.69) is 17.0 Å². The zero-order chi connectivity index (χ0) is 20.8. The molecule has 5 nitrogen and oxygen atoms in total. The predicted octanol–water partition coefficient (Wildman–Crippen LogP) is 3.26. The molecule has 0 aliphatic carbocycles. The molecule has 1 fully saturated rings. The number of anilines is 1. The fraction of sp³-hybridized carbons (Fsp3) is 0.435. The number of pyridine rings is 1. The number of para-hydroxylation sites is 1. The van der Waals surface area contributed by atoms with Gasteiger partial charge in [0.15, 0.2) is 0 Å². The van der Waals surface area contributed by atoms with Gasteiger partial charge in [0, 0.05) is 49.5 Å². The Bertz CT molecular complexity index is 1070. The van der Waals surface area contributed by atoms with Crippen LogP contribution in [0.4, 0.5) is 5.69 Å². The van der Waals surface area contributed by atoms with Crippen LogP contribution in [0.5, 0.6) is 0 Å². The Labute approximate surface area is 186 Å². The Morgan fingerprint density at radius 2 is 1.97 bits per heavy atom. The molecule has 0 N–H and O–H groups in total. The molecule has 30 heavy (non-hydrogen) atoms. The summed E-state index contributed by atoms with van der Waals surface area (Å²) < 4.78 is 2.73. The maximum Gasteiger partial charge on any atom is 0.250 e. The van der Waals surface area contributed by atoms with Gasteiger partial charge < -0.3 is 14.4 Å². The van der Waals surface area contributed by atoms with E-state index in [9.17, 15) is 9.59 Å². The molecule has 2 aromatic rings. The normalized spacial score (nSPS) is 23.0. The lowest BCUT2D eigenvalue weighted by Crippen LogP contribution is -2.48. The van der Waals surface area contributed by atoms with Crippen molar-refractivity contribution in [2.75, 3.05) is 24.5 Å². The average Bonchev–Trinajstić information content (AvgIpc) is 3.18. The number of rotatable bonds is 2. The van der Waals surface area contributed by atoms with Crippen molar-refractivity contribution in [1.29, 1.82) is 0 Å². The molecule has 156 valence electrons. The first kappa shape index (κ1) is 19.8. The van der Waals surface area contributed by atoms with Gasteiger partial charge >= 0.3 is 0 Å². The second kappa shape index (κ2) is 7.85. The molecule has 0 radical (unpaired) electrons. The third kappa shape index (κ3) is 3.48. The van der Waals surface area contributed by atoms with Gasteiger partial charge in [-0.1, -0.05) is 48.2 Å². The number of benzene rings is 1. The van der Waals surface area contributed by atoms with Crippen LogP contribution in [0, 0.1) is 5.92 Å². The minimum atomic E-state index is -0.222. The summed E-state index contributed by atoms with van der Waals surface area (Å²) >= 11 is 7.27. The number of thioether (sulfide) groups is 1. The van der Waals surface area contributed by atoms with Crippen LogP contribution in [0.15, 0.2) is 47.3 Å². The lowest BCUT2D eigenvalue weighted by Gasteiger charge is -2.43. The molecule has 3 aliphatic rings. The number of carbonyl (C=O) groups is 1. The van der Waals surface area contributed by atoms with Gasteiger partial charge in [-0.05, 0) is 43.4 Å². The van der Waals surface area contributed by atoms with Crippen LogP contribution in [0.3, 0.4) is 0 Å². The Hall–Kier alpha value is -2.12. The predicted molar refractivity (Wildman–Crippen MR) is 125 cm³/mol. The van der Waals surface area contributed by atoms with Crippen molar-refractivity contribution in [3.05, 3.63) is 64.1 Å². The highest BCUT2D eigenvalue weighted by Gasteiger charge is 2.36. The van der Waals surface area contributed by atoms with Gasteiger partial charge in [0.1, 0.15) is 4.32 Å².